The number of anilines is 1. The standard InChI is InChI=1S/C26H25N3O6S/c1-4-35-26(32)21-19(27)18(13-14-5-9-16(33-2)10-6-14)20-23(24(28)30)36-22(25(31)29(20)21)15-7-11-17(34-3)12-8-15/h5-13,22H,4,27H2,1-3H3,(H2,28,30)/b18-13+/t22-/m0/s1. The molecule has 1 aliphatic heterocycles. The fourth-order valence-electron chi connectivity index (χ4n) is 3.97. The highest BCUT2D eigenvalue weighted by Gasteiger charge is 2.37. The molecule has 0 saturated carbocycles. The topological polar surface area (TPSA) is 136 Å². The first-order chi connectivity index (χ1) is 17.3. The van der Waals surface area contributed by atoms with Crippen LogP contribution in [0.4, 0.5) is 5.69 Å². The third-order valence-electron chi connectivity index (χ3n) is 5.68. The maximum atomic E-state index is 13.8. The molecular formula is C26H25N3O6S. The molecular weight excluding hydrogens is 482 g/mol. The number of hydrogen-bond donors (Lipinski definition) is 2. The van der Waals surface area contributed by atoms with E-state index in [0.717, 1.165) is 16.3 Å². The van der Waals surface area contributed by atoms with Crippen molar-refractivity contribution in [3.63, 3.8) is 0 Å². The van der Waals surface area contributed by atoms with Crippen molar-refractivity contribution in [2.45, 2.75) is 12.2 Å². The zero-order valence-electron chi connectivity index (χ0n) is 19.9. The van der Waals surface area contributed by atoms with Crippen LogP contribution in [0.2, 0.25) is 0 Å². The van der Waals surface area contributed by atoms with Crippen molar-refractivity contribution in [1.29, 1.82) is 0 Å². The summed E-state index contributed by atoms with van der Waals surface area (Å²) in [6.45, 7) is 1.73. The maximum Gasteiger partial charge on any atom is 0.357 e. The van der Waals surface area contributed by atoms with Gasteiger partial charge in [0, 0.05) is 5.22 Å². The van der Waals surface area contributed by atoms with E-state index < -0.39 is 23.0 Å². The molecule has 2 heterocycles. The summed E-state index contributed by atoms with van der Waals surface area (Å²) in [4.78, 5) is 39.5. The zero-order valence-corrected chi connectivity index (χ0v) is 20.8. The minimum absolute atomic E-state index is 0.0161. The number of primary amides is 1. The van der Waals surface area contributed by atoms with Crippen molar-refractivity contribution in [2.24, 2.45) is 5.73 Å². The van der Waals surface area contributed by atoms with Gasteiger partial charge in [0.25, 0.3) is 5.91 Å². The molecule has 1 aromatic heterocycles. The van der Waals surface area contributed by atoms with Crippen molar-refractivity contribution in [1.82, 2.24) is 4.57 Å². The van der Waals surface area contributed by atoms with Gasteiger partial charge in [0.1, 0.15) is 16.7 Å². The number of thioether (sulfide) groups is 1. The van der Waals surface area contributed by atoms with Crippen LogP contribution in [0.5, 0.6) is 11.5 Å². The minimum atomic E-state index is -0.847. The molecule has 1 aliphatic rings. The van der Waals surface area contributed by atoms with Crippen molar-refractivity contribution >= 4 is 46.2 Å². The zero-order chi connectivity index (χ0) is 26.0. The average molecular weight is 508 g/mol. The van der Waals surface area contributed by atoms with Crippen molar-refractivity contribution in [2.75, 3.05) is 26.6 Å². The molecule has 3 aromatic rings. The van der Waals surface area contributed by atoms with E-state index in [1.54, 1.807) is 68.6 Å². The normalized spacial score (nSPS) is 15.4. The van der Waals surface area contributed by atoms with E-state index >= 15 is 0 Å². The van der Waals surface area contributed by atoms with E-state index in [0.29, 0.717) is 27.8 Å². The Morgan fingerprint density at radius 3 is 2.14 bits per heavy atom. The number of esters is 1. The van der Waals surface area contributed by atoms with Gasteiger partial charge in [-0.1, -0.05) is 36.0 Å². The number of nitrogen functional groups attached to an aromatic ring is 1. The molecule has 0 bridgehead atoms. The Morgan fingerprint density at radius 2 is 1.61 bits per heavy atom. The Balaban J connectivity index is 2.02. The van der Waals surface area contributed by atoms with E-state index in [-0.39, 0.29) is 28.2 Å². The first kappa shape index (κ1) is 24.9. The van der Waals surface area contributed by atoms with Gasteiger partial charge in [0.15, 0.2) is 5.69 Å². The Morgan fingerprint density at radius 1 is 1.03 bits per heavy atom. The van der Waals surface area contributed by atoms with Crippen LogP contribution in [-0.2, 0) is 9.53 Å². The van der Waals surface area contributed by atoms with Crippen molar-refractivity contribution < 1.29 is 28.6 Å². The first-order valence-electron chi connectivity index (χ1n) is 11.0. The smallest absolute Gasteiger partial charge is 0.357 e. The fraction of sp³-hybridized carbons (Fsp3) is 0.192. The second kappa shape index (κ2) is 10.2. The van der Waals surface area contributed by atoms with Crippen LogP contribution in [0.25, 0.3) is 11.0 Å². The molecule has 10 heteroatoms. The largest absolute Gasteiger partial charge is 0.497 e. The molecule has 1 amide bonds. The van der Waals surface area contributed by atoms with Crippen LogP contribution in [0.3, 0.4) is 0 Å². The summed E-state index contributed by atoms with van der Waals surface area (Å²) >= 11 is 1.02. The number of nitrogens with zero attached hydrogens (tertiary/aromatic N) is 1. The third kappa shape index (κ3) is 4.42. The molecule has 1 atom stereocenters. The van der Waals surface area contributed by atoms with Crippen LogP contribution in [0, 0.1) is 0 Å². The lowest BCUT2D eigenvalue weighted by Crippen LogP contribution is -2.43. The predicted molar refractivity (Wildman–Crippen MR) is 137 cm³/mol. The van der Waals surface area contributed by atoms with Gasteiger partial charge >= 0.3 is 5.97 Å². The highest BCUT2D eigenvalue weighted by Crippen LogP contribution is 2.39. The van der Waals surface area contributed by atoms with Gasteiger partial charge in [-0.25, -0.2) is 4.79 Å². The number of nitrogens with two attached hydrogens (primary N) is 2. The Kier molecular flexibility index (Phi) is 7.07. The Labute approximate surface area is 211 Å². The van der Waals surface area contributed by atoms with Crippen LogP contribution in [0.1, 0.15) is 38.6 Å². The van der Waals surface area contributed by atoms with Gasteiger partial charge in [-0.2, -0.15) is 0 Å². The van der Waals surface area contributed by atoms with Crippen LogP contribution < -0.4 is 31.5 Å². The van der Waals surface area contributed by atoms with Crippen LogP contribution in [-0.4, -0.2) is 43.2 Å². The quantitative estimate of drug-likeness (QED) is 0.462. The average Bonchev–Trinajstić information content (AvgIpc) is 3.17. The third-order valence-corrected chi connectivity index (χ3v) is 7.02. The lowest BCUT2D eigenvalue weighted by molar-refractivity contribution is -0.112. The van der Waals surface area contributed by atoms with Gasteiger partial charge in [0.05, 0.1) is 36.8 Å². The van der Waals surface area contributed by atoms with Crippen molar-refractivity contribution in [3.05, 3.63) is 75.9 Å². The van der Waals surface area contributed by atoms with E-state index in [1.165, 1.54) is 7.11 Å². The number of carbonyl (C=O) groups is 3. The van der Waals surface area contributed by atoms with Gasteiger partial charge in [-0.05, 0) is 48.4 Å². The molecule has 0 radical (unpaired) electrons. The molecule has 4 N–H and O–H groups in total. The molecule has 0 aliphatic carbocycles. The lowest BCUT2D eigenvalue weighted by Gasteiger charge is -2.23. The molecule has 0 unspecified atom stereocenters. The van der Waals surface area contributed by atoms with Gasteiger partial charge in [-0.15, -0.1) is 0 Å². The summed E-state index contributed by atoms with van der Waals surface area (Å²) in [6, 6.07) is 14.0. The molecule has 0 spiro atoms. The molecule has 186 valence electrons. The first-order valence-corrected chi connectivity index (χ1v) is 11.9. The predicted octanol–water partition coefficient (Wildman–Crippen LogP) is 1.81. The molecule has 36 heavy (non-hydrogen) atoms. The highest BCUT2D eigenvalue weighted by molar-refractivity contribution is 8.10. The van der Waals surface area contributed by atoms with Crippen LogP contribution in [0.15, 0.2) is 48.5 Å². The number of fused-ring (bicyclic) bond motifs is 1. The number of ether oxygens (including phenoxy) is 3. The summed E-state index contributed by atoms with van der Waals surface area (Å²) in [5.74, 6) is -0.702. The Bertz CT molecular complexity index is 1460. The number of amides is 1. The summed E-state index contributed by atoms with van der Waals surface area (Å²) in [6.07, 6.45) is 1.69. The number of benzene rings is 2. The molecule has 0 fully saturated rings. The van der Waals surface area contributed by atoms with E-state index in [1.807, 2.05) is 0 Å². The van der Waals surface area contributed by atoms with E-state index in [2.05, 4.69) is 0 Å². The van der Waals surface area contributed by atoms with Gasteiger partial charge < -0.3 is 25.7 Å². The second-order valence-corrected chi connectivity index (χ2v) is 8.92. The number of hydrogen-bond acceptors (Lipinski definition) is 8. The summed E-state index contributed by atoms with van der Waals surface area (Å²) in [7, 11) is 3.10. The van der Waals surface area contributed by atoms with Gasteiger partial charge in [0.2, 0.25) is 5.91 Å². The maximum absolute atomic E-state index is 13.8. The minimum Gasteiger partial charge on any atom is -0.497 e. The van der Waals surface area contributed by atoms with Crippen LogP contribution >= 0.6 is 11.8 Å². The number of methoxy groups -OCH3 is 2. The van der Waals surface area contributed by atoms with Gasteiger partial charge in [-0.3, -0.25) is 14.2 Å². The SMILES string of the molecule is CCOC(=O)c1c(N)/c(=C\c2ccc(OC)cc2)c2n1C(=O)[C@H](c1ccc(OC)cc1)SC=2C(N)=O. The molecule has 0 saturated heterocycles. The Hall–Kier alpha value is -4.18. The van der Waals surface area contributed by atoms with E-state index in [9.17, 15) is 14.4 Å². The highest BCUT2D eigenvalue weighted by atomic mass is 32.2. The van der Waals surface area contributed by atoms with E-state index in [4.69, 9.17) is 25.7 Å². The lowest BCUT2D eigenvalue weighted by atomic mass is 10.1. The molecule has 9 nitrogen and oxygen atoms in total. The molecule has 2 aromatic carbocycles. The fourth-order valence-corrected chi connectivity index (χ4v) is 5.14. The summed E-state index contributed by atoms with van der Waals surface area (Å²) in [5.41, 5.74) is 13.4. The molecule has 4 rings (SSSR count). The number of aromatic nitrogens is 1. The summed E-state index contributed by atoms with van der Waals surface area (Å²) < 4.78 is 16.8. The number of carbonyl (C=O) groups excluding carboxylic acids is 3. The van der Waals surface area contributed by atoms with Crippen molar-refractivity contribution in [3.8, 4) is 11.5 Å². The monoisotopic (exact) mass is 507 g/mol. The number of rotatable bonds is 7. The summed E-state index contributed by atoms with van der Waals surface area (Å²) in [5, 5.41) is -0.357. The second-order valence-electron chi connectivity index (χ2n) is 7.80.